The minimum absolute atomic E-state index is 0.00304. The van der Waals surface area contributed by atoms with Gasteiger partial charge in [-0.05, 0) is 12.1 Å². The Labute approximate surface area is 124 Å². The maximum absolute atomic E-state index is 12.1. The quantitative estimate of drug-likeness (QED) is 0.839. The highest BCUT2D eigenvalue weighted by molar-refractivity contribution is 7.89. The lowest BCUT2D eigenvalue weighted by atomic mass is 10.3. The SMILES string of the molecule is Nc1cc(Cl)cc(Cl)c1S(=O)(=O)NCc1cscn1. The lowest BCUT2D eigenvalue weighted by Gasteiger charge is -2.10. The molecular weight excluding hydrogens is 329 g/mol. The van der Waals surface area contributed by atoms with Gasteiger partial charge in [-0.25, -0.2) is 18.1 Å². The number of benzene rings is 1. The highest BCUT2D eigenvalue weighted by Gasteiger charge is 2.21. The highest BCUT2D eigenvalue weighted by Crippen LogP contribution is 2.31. The number of nitrogens with two attached hydrogens (primary N) is 1. The Balaban J connectivity index is 2.29. The van der Waals surface area contributed by atoms with Crippen LogP contribution in [0, 0.1) is 0 Å². The Morgan fingerprint density at radius 1 is 1.37 bits per heavy atom. The smallest absolute Gasteiger partial charge is 0.244 e. The summed E-state index contributed by atoms with van der Waals surface area (Å²) in [6.45, 7) is 0.0736. The number of hydrogen-bond donors (Lipinski definition) is 2. The van der Waals surface area contributed by atoms with E-state index < -0.39 is 10.0 Å². The third-order valence-corrected chi connectivity index (χ3v) is 5.01. The Hall–Kier alpha value is -0.860. The highest BCUT2D eigenvalue weighted by atomic mass is 35.5. The average Bonchev–Trinajstić information content (AvgIpc) is 2.77. The number of anilines is 1. The predicted octanol–water partition coefficient (Wildman–Crippen LogP) is 2.51. The van der Waals surface area contributed by atoms with Crippen LogP contribution in [0.1, 0.15) is 5.69 Å². The number of thiazole rings is 1. The van der Waals surface area contributed by atoms with Crippen LogP contribution in [0.25, 0.3) is 0 Å². The van der Waals surface area contributed by atoms with E-state index in [0.717, 1.165) is 0 Å². The summed E-state index contributed by atoms with van der Waals surface area (Å²) in [6, 6.07) is 2.67. The van der Waals surface area contributed by atoms with Crippen LogP contribution in [-0.4, -0.2) is 13.4 Å². The molecule has 2 aromatic rings. The molecule has 0 aliphatic carbocycles. The second kappa shape index (κ2) is 5.64. The van der Waals surface area contributed by atoms with E-state index in [1.54, 1.807) is 10.9 Å². The Bertz CT molecular complexity index is 664. The molecule has 19 heavy (non-hydrogen) atoms. The zero-order valence-corrected chi connectivity index (χ0v) is 12.6. The zero-order chi connectivity index (χ0) is 14.0. The van der Waals surface area contributed by atoms with Gasteiger partial charge in [0.05, 0.1) is 28.5 Å². The largest absolute Gasteiger partial charge is 0.398 e. The van der Waals surface area contributed by atoms with Gasteiger partial charge in [0.1, 0.15) is 4.90 Å². The second-order valence-corrected chi connectivity index (χ2v) is 6.88. The van der Waals surface area contributed by atoms with Crippen molar-refractivity contribution < 1.29 is 8.42 Å². The van der Waals surface area contributed by atoms with Crippen LogP contribution in [0.5, 0.6) is 0 Å². The van der Waals surface area contributed by atoms with Crippen molar-refractivity contribution in [2.45, 2.75) is 11.4 Å². The van der Waals surface area contributed by atoms with Crippen molar-refractivity contribution in [3.63, 3.8) is 0 Å². The molecule has 3 N–H and O–H groups in total. The van der Waals surface area contributed by atoms with Gasteiger partial charge in [0, 0.05) is 10.4 Å². The van der Waals surface area contributed by atoms with Gasteiger partial charge >= 0.3 is 0 Å². The fraction of sp³-hybridized carbons (Fsp3) is 0.100. The first-order chi connectivity index (χ1) is 8.90. The minimum atomic E-state index is -3.82. The molecule has 1 aromatic carbocycles. The van der Waals surface area contributed by atoms with Gasteiger partial charge in [0.25, 0.3) is 0 Å². The van der Waals surface area contributed by atoms with Gasteiger partial charge in [-0.15, -0.1) is 11.3 Å². The molecule has 0 fully saturated rings. The molecule has 5 nitrogen and oxygen atoms in total. The molecule has 0 atom stereocenters. The van der Waals surface area contributed by atoms with Crippen molar-refractivity contribution >= 4 is 50.2 Å². The lowest BCUT2D eigenvalue weighted by Crippen LogP contribution is -2.24. The molecule has 0 saturated carbocycles. The molecular formula is C10H9Cl2N3O2S2. The standard InChI is InChI=1S/C10H9Cl2N3O2S2/c11-6-1-8(12)10(9(13)2-6)19(16,17)15-3-7-4-18-5-14-7/h1-2,4-5,15H,3,13H2. The maximum Gasteiger partial charge on any atom is 0.244 e. The van der Waals surface area contributed by atoms with E-state index in [2.05, 4.69) is 9.71 Å². The van der Waals surface area contributed by atoms with E-state index >= 15 is 0 Å². The first-order valence-corrected chi connectivity index (χ1v) is 8.19. The van der Waals surface area contributed by atoms with Crippen LogP contribution in [0.2, 0.25) is 10.0 Å². The number of halogens is 2. The fourth-order valence-corrected chi connectivity index (χ4v) is 3.97. The van der Waals surface area contributed by atoms with Crippen molar-refractivity contribution in [1.82, 2.24) is 9.71 Å². The van der Waals surface area contributed by atoms with E-state index in [1.807, 2.05) is 0 Å². The molecule has 0 saturated heterocycles. The number of nitrogens with one attached hydrogen (secondary N) is 1. The van der Waals surface area contributed by atoms with Crippen molar-refractivity contribution in [2.75, 3.05) is 5.73 Å². The molecule has 0 radical (unpaired) electrons. The van der Waals surface area contributed by atoms with Crippen molar-refractivity contribution in [3.8, 4) is 0 Å². The van der Waals surface area contributed by atoms with Crippen LogP contribution < -0.4 is 10.5 Å². The van der Waals surface area contributed by atoms with E-state index in [1.165, 1.54) is 23.5 Å². The number of aromatic nitrogens is 1. The predicted molar refractivity (Wildman–Crippen MR) is 77.0 cm³/mol. The van der Waals surface area contributed by atoms with Gasteiger partial charge in [-0.2, -0.15) is 0 Å². The monoisotopic (exact) mass is 337 g/mol. The summed E-state index contributed by atoms with van der Waals surface area (Å²) in [5, 5.41) is 2.01. The molecule has 0 amide bonds. The third-order valence-electron chi connectivity index (χ3n) is 2.23. The summed E-state index contributed by atoms with van der Waals surface area (Å²) < 4.78 is 26.7. The molecule has 1 heterocycles. The molecule has 0 spiro atoms. The second-order valence-electron chi connectivity index (χ2n) is 3.61. The molecule has 0 unspecified atom stereocenters. The van der Waals surface area contributed by atoms with E-state index in [-0.39, 0.29) is 27.2 Å². The number of nitrogens with zero attached hydrogens (tertiary/aromatic N) is 1. The molecule has 2 rings (SSSR count). The van der Waals surface area contributed by atoms with Crippen LogP contribution in [0.15, 0.2) is 27.9 Å². The van der Waals surface area contributed by atoms with Crippen molar-refractivity contribution in [3.05, 3.63) is 38.8 Å². The summed E-state index contributed by atoms with van der Waals surface area (Å²) in [4.78, 5) is 3.81. The van der Waals surface area contributed by atoms with Crippen LogP contribution in [0.3, 0.4) is 0 Å². The third kappa shape index (κ3) is 3.37. The summed E-state index contributed by atoms with van der Waals surface area (Å²) in [6.07, 6.45) is 0. The molecule has 0 aliphatic heterocycles. The van der Waals surface area contributed by atoms with Gasteiger partial charge in [0.15, 0.2) is 0 Å². The van der Waals surface area contributed by atoms with Crippen LogP contribution in [0.4, 0.5) is 5.69 Å². The van der Waals surface area contributed by atoms with Crippen molar-refractivity contribution in [2.24, 2.45) is 0 Å². The van der Waals surface area contributed by atoms with Crippen molar-refractivity contribution in [1.29, 1.82) is 0 Å². The molecule has 9 heteroatoms. The van der Waals surface area contributed by atoms with Gasteiger partial charge < -0.3 is 5.73 Å². The normalized spacial score (nSPS) is 11.7. The summed E-state index contributed by atoms with van der Waals surface area (Å²) in [7, 11) is -3.82. The maximum atomic E-state index is 12.1. The zero-order valence-electron chi connectivity index (χ0n) is 9.43. The van der Waals surface area contributed by atoms with Crippen LogP contribution in [-0.2, 0) is 16.6 Å². The molecule has 0 bridgehead atoms. The van der Waals surface area contributed by atoms with Gasteiger partial charge in [0.2, 0.25) is 10.0 Å². The fourth-order valence-electron chi connectivity index (χ4n) is 1.43. The first-order valence-electron chi connectivity index (χ1n) is 5.01. The average molecular weight is 338 g/mol. The summed E-state index contributed by atoms with van der Waals surface area (Å²) >= 11 is 13.0. The summed E-state index contributed by atoms with van der Waals surface area (Å²) in [5.41, 5.74) is 7.90. The topological polar surface area (TPSA) is 85.1 Å². The first kappa shape index (κ1) is 14.5. The Morgan fingerprint density at radius 3 is 2.68 bits per heavy atom. The molecule has 0 aliphatic rings. The Morgan fingerprint density at radius 2 is 2.11 bits per heavy atom. The van der Waals surface area contributed by atoms with Crippen LogP contribution >= 0.6 is 34.5 Å². The molecule has 1 aromatic heterocycles. The van der Waals surface area contributed by atoms with Gasteiger partial charge in [-0.1, -0.05) is 23.2 Å². The summed E-state index contributed by atoms with van der Waals surface area (Å²) in [5.74, 6) is 0. The van der Waals surface area contributed by atoms with E-state index in [4.69, 9.17) is 28.9 Å². The van der Waals surface area contributed by atoms with E-state index in [9.17, 15) is 8.42 Å². The number of nitrogen functional groups attached to an aromatic ring is 1. The van der Waals surface area contributed by atoms with Gasteiger partial charge in [-0.3, -0.25) is 0 Å². The number of sulfonamides is 1. The lowest BCUT2D eigenvalue weighted by molar-refractivity contribution is 0.581. The van der Waals surface area contributed by atoms with E-state index in [0.29, 0.717) is 5.69 Å². The minimum Gasteiger partial charge on any atom is -0.398 e. The Kier molecular flexibility index (Phi) is 4.32. The molecule has 102 valence electrons. The number of hydrogen-bond acceptors (Lipinski definition) is 5. The number of rotatable bonds is 4.